The van der Waals surface area contributed by atoms with E-state index in [1.165, 1.54) is 17.3 Å². The number of hydrogen-bond acceptors (Lipinski definition) is 6. The van der Waals surface area contributed by atoms with Crippen molar-refractivity contribution in [3.05, 3.63) is 64.3 Å². The van der Waals surface area contributed by atoms with Crippen molar-refractivity contribution in [3.8, 4) is 5.75 Å². The summed E-state index contributed by atoms with van der Waals surface area (Å²) in [7, 11) is 7.03. The highest BCUT2D eigenvalue weighted by molar-refractivity contribution is 7.99. The number of methoxy groups -OCH3 is 1. The normalized spacial score (nSPS) is 11.2. The van der Waals surface area contributed by atoms with Gasteiger partial charge in [0.1, 0.15) is 11.6 Å². The molecular weight excluding hydrogens is 452 g/mol. The molecule has 34 heavy (non-hydrogen) atoms. The Hall–Kier alpha value is -3.53. The van der Waals surface area contributed by atoms with Crippen molar-refractivity contribution >= 4 is 34.4 Å². The number of ether oxygens (including phenoxy) is 1. The van der Waals surface area contributed by atoms with Crippen LogP contribution in [0.3, 0.4) is 0 Å². The summed E-state index contributed by atoms with van der Waals surface area (Å²) in [6.45, 7) is 0. The minimum atomic E-state index is -0.144. The van der Waals surface area contributed by atoms with Gasteiger partial charge in [0.15, 0.2) is 5.16 Å². The zero-order chi connectivity index (χ0) is 24.2. The van der Waals surface area contributed by atoms with Crippen LogP contribution in [0.5, 0.6) is 5.75 Å². The monoisotopic (exact) mass is 480 g/mol. The van der Waals surface area contributed by atoms with Crippen LogP contribution < -0.4 is 15.7 Å². The summed E-state index contributed by atoms with van der Waals surface area (Å²) < 4.78 is 10.3. The zero-order valence-corrected chi connectivity index (χ0v) is 20.6. The Morgan fingerprint density at radius 1 is 0.971 bits per heavy atom. The molecule has 0 saturated heterocycles. The fourth-order valence-corrected chi connectivity index (χ4v) is 4.57. The van der Waals surface area contributed by atoms with Crippen LogP contribution in [-0.4, -0.2) is 42.7 Å². The maximum atomic E-state index is 12.5. The van der Waals surface area contributed by atoms with Crippen LogP contribution in [0.4, 0.5) is 5.69 Å². The number of carbonyl (C=O) groups is 1. The van der Waals surface area contributed by atoms with E-state index in [0.717, 1.165) is 41.9 Å². The minimum Gasteiger partial charge on any atom is -0.497 e. The number of carbonyl (C=O) groups excluding carboxylic acids is 1. The molecule has 9 nitrogen and oxygen atoms in total. The lowest BCUT2D eigenvalue weighted by atomic mass is 10.1. The highest BCUT2D eigenvalue weighted by atomic mass is 32.2. The average molecular weight is 481 g/mol. The number of anilines is 1. The number of hydrogen-bond donors (Lipinski definition) is 1. The first-order valence-corrected chi connectivity index (χ1v) is 11.9. The Balaban J connectivity index is 1.29. The number of benzene rings is 2. The second kappa shape index (κ2) is 10.2. The topological polar surface area (TPSA) is 96.0 Å². The van der Waals surface area contributed by atoms with Crippen molar-refractivity contribution in [1.82, 2.24) is 23.9 Å². The van der Waals surface area contributed by atoms with Crippen molar-refractivity contribution < 1.29 is 9.53 Å². The molecule has 0 aliphatic carbocycles. The number of aryl methyl sites for hydroxylation is 4. The summed E-state index contributed by atoms with van der Waals surface area (Å²) in [6.07, 6.45) is 2.70. The molecule has 0 fully saturated rings. The van der Waals surface area contributed by atoms with Gasteiger partial charge in [0.25, 0.3) is 0 Å². The van der Waals surface area contributed by atoms with E-state index in [2.05, 4.69) is 27.6 Å². The van der Waals surface area contributed by atoms with Crippen molar-refractivity contribution in [3.63, 3.8) is 0 Å². The van der Waals surface area contributed by atoms with Crippen LogP contribution in [0.15, 0.2) is 52.4 Å². The maximum absolute atomic E-state index is 12.5. The molecule has 4 rings (SSSR count). The number of aromatic nitrogens is 5. The van der Waals surface area contributed by atoms with Crippen molar-refractivity contribution in [1.29, 1.82) is 0 Å². The molecule has 178 valence electrons. The molecule has 0 atom stereocenters. The standard InChI is InChI=1S/C24H28N6O3S/c1-28-19-13-10-17(14-20(19)29(2)24(28)32)25-22(31)15-34-23-27-26-21(30(23)3)7-5-6-16-8-11-18(33-4)12-9-16/h8-14H,5-7,15H2,1-4H3,(H,25,31). The Morgan fingerprint density at radius 2 is 1.71 bits per heavy atom. The third kappa shape index (κ3) is 5.01. The highest BCUT2D eigenvalue weighted by Crippen LogP contribution is 2.20. The predicted octanol–water partition coefficient (Wildman–Crippen LogP) is 2.92. The number of amides is 1. The zero-order valence-electron chi connectivity index (χ0n) is 19.7. The molecule has 0 aliphatic heterocycles. The molecule has 4 aromatic rings. The van der Waals surface area contributed by atoms with Crippen LogP contribution in [0.25, 0.3) is 11.0 Å². The van der Waals surface area contributed by atoms with Crippen LogP contribution in [-0.2, 0) is 38.8 Å². The van der Waals surface area contributed by atoms with Gasteiger partial charge in [-0.05, 0) is 48.7 Å². The van der Waals surface area contributed by atoms with E-state index in [1.54, 1.807) is 36.4 Å². The number of thioether (sulfide) groups is 1. The van der Waals surface area contributed by atoms with Gasteiger partial charge in [-0.1, -0.05) is 23.9 Å². The Kier molecular flexibility index (Phi) is 7.06. The van der Waals surface area contributed by atoms with Gasteiger partial charge in [-0.15, -0.1) is 10.2 Å². The fourth-order valence-electron chi connectivity index (χ4n) is 3.84. The molecule has 0 radical (unpaired) electrons. The number of rotatable bonds is 9. The van der Waals surface area contributed by atoms with E-state index in [1.807, 2.05) is 35.9 Å². The number of imidazole rings is 1. The molecule has 10 heteroatoms. The van der Waals surface area contributed by atoms with E-state index in [0.29, 0.717) is 10.8 Å². The number of nitrogens with zero attached hydrogens (tertiary/aromatic N) is 5. The summed E-state index contributed by atoms with van der Waals surface area (Å²) in [5, 5.41) is 12.1. The maximum Gasteiger partial charge on any atom is 0.328 e. The van der Waals surface area contributed by atoms with Crippen LogP contribution >= 0.6 is 11.8 Å². The second-order valence-corrected chi connectivity index (χ2v) is 9.04. The fraction of sp³-hybridized carbons (Fsp3) is 0.333. The Labute approximate surface area is 201 Å². The summed E-state index contributed by atoms with van der Waals surface area (Å²) in [4.78, 5) is 24.6. The van der Waals surface area contributed by atoms with Crippen molar-refractivity contribution in [2.45, 2.75) is 24.4 Å². The lowest BCUT2D eigenvalue weighted by molar-refractivity contribution is -0.113. The van der Waals surface area contributed by atoms with Gasteiger partial charge in [-0.25, -0.2) is 4.79 Å². The highest BCUT2D eigenvalue weighted by Gasteiger charge is 2.13. The van der Waals surface area contributed by atoms with Crippen LogP contribution in [0.2, 0.25) is 0 Å². The molecule has 1 N–H and O–H groups in total. The largest absolute Gasteiger partial charge is 0.497 e. The van der Waals surface area contributed by atoms with E-state index in [4.69, 9.17) is 4.74 Å². The first-order chi connectivity index (χ1) is 16.4. The van der Waals surface area contributed by atoms with Gasteiger partial charge in [0.2, 0.25) is 5.91 Å². The summed E-state index contributed by atoms with van der Waals surface area (Å²) in [5.74, 6) is 1.82. The molecule has 1 amide bonds. The predicted molar refractivity (Wildman–Crippen MR) is 134 cm³/mol. The Morgan fingerprint density at radius 3 is 2.44 bits per heavy atom. The second-order valence-electron chi connectivity index (χ2n) is 8.10. The molecule has 2 heterocycles. The molecule has 2 aromatic heterocycles. The minimum absolute atomic E-state index is 0.101. The summed E-state index contributed by atoms with van der Waals surface area (Å²) in [5.41, 5.74) is 3.39. The molecule has 0 spiro atoms. The molecular formula is C24H28N6O3S. The Bertz CT molecular complexity index is 1370. The van der Waals surface area contributed by atoms with Gasteiger partial charge in [-0.2, -0.15) is 0 Å². The van der Waals surface area contributed by atoms with Crippen molar-refractivity contribution in [2.75, 3.05) is 18.2 Å². The quantitative estimate of drug-likeness (QED) is 0.370. The van der Waals surface area contributed by atoms with Gasteiger partial charge < -0.3 is 14.6 Å². The summed E-state index contributed by atoms with van der Waals surface area (Å²) in [6, 6.07) is 13.5. The molecule has 0 aliphatic rings. The van der Waals surface area contributed by atoms with Gasteiger partial charge in [-0.3, -0.25) is 13.9 Å². The first kappa shape index (κ1) is 23.6. The first-order valence-electron chi connectivity index (χ1n) is 11.0. The third-order valence-electron chi connectivity index (χ3n) is 5.84. The van der Waals surface area contributed by atoms with E-state index >= 15 is 0 Å². The van der Waals surface area contributed by atoms with Crippen molar-refractivity contribution in [2.24, 2.45) is 21.1 Å². The van der Waals surface area contributed by atoms with Gasteiger partial charge >= 0.3 is 5.69 Å². The van der Waals surface area contributed by atoms with Gasteiger partial charge in [0, 0.05) is 33.3 Å². The lowest BCUT2D eigenvalue weighted by Gasteiger charge is -2.07. The van der Waals surface area contributed by atoms with Crippen LogP contribution in [0.1, 0.15) is 17.8 Å². The van der Waals surface area contributed by atoms with E-state index in [9.17, 15) is 9.59 Å². The van der Waals surface area contributed by atoms with Crippen LogP contribution in [0, 0.1) is 0 Å². The average Bonchev–Trinajstić information content (AvgIpc) is 3.30. The molecule has 0 unspecified atom stereocenters. The molecule has 0 bridgehead atoms. The van der Waals surface area contributed by atoms with E-state index in [-0.39, 0.29) is 17.3 Å². The smallest absolute Gasteiger partial charge is 0.328 e. The lowest BCUT2D eigenvalue weighted by Crippen LogP contribution is -2.19. The SMILES string of the molecule is COc1ccc(CCCc2nnc(SCC(=O)Nc3ccc4c(c3)n(C)c(=O)n4C)n2C)cc1. The number of nitrogens with one attached hydrogen (secondary N) is 1. The third-order valence-corrected chi connectivity index (χ3v) is 6.86. The number of fused-ring (bicyclic) bond motifs is 1. The molecule has 0 saturated carbocycles. The summed E-state index contributed by atoms with van der Waals surface area (Å²) >= 11 is 1.35. The molecule has 2 aromatic carbocycles. The van der Waals surface area contributed by atoms with Gasteiger partial charge in [0.05, 0.1) is 23.9 Å². The van der Waals surface area contributed by atoms with E-state index < -0.39 is 0 Å².